The zero-order valence-electron chi connectivity index (χ0n) is 10.4. The molecule has 1 aromatic carbocycles. The predicted octanol–water partition coefficient (Wildman–Crippen LogP) is 3.73. The van der Waals surface area contributed by atoms with Gasteiger partial charge in [0, 0.05) is 23.6 Å². The molecule has 1 unspecified atom stereocenters. The van der Waals surface area contributed by atoms with Crippen molar-refractivity contribution in [2.24, 2.45) is 0 Å². The molecule has 1 rings (SSSR count). The molecular formula is C14H21BrO2. The summed E-state index contributed by atoms with van der Waals surface area (Å²) in [5.41, 5.74) is 1.17. The second kappa shape index (κ2) is 8.67. The van der Waals surface area contributed by atoms with Crippen LogP contribution in [-0.2, 0) is 4.74 Å². The van der Waals surface area contributed by atoms with E-state index in [9.17, 15) is 5.11 Å². The van der Waals surface area contributed by atoms with Crippen LogP contribution < -0.4 is 0 Å². The van der Waals surface area contributed by atoms with Crippen LogP contribution in [0.5, 0.6) is 0 Å². The number of aliphatic hydroxyl groups is 1. The van der Waals surface area contributed by atoms with E-state index in [2.05, 4.69) is 35.0 Å². The molecule has 0 heterocycles. The summed E-state index contributed by atoms with van der Waals surface area (Å²) in [5.74, 6) is 0.175. The van der Waals surface area contributed by atoms with E-state index in [4.69, 9.17) is 4.74 Å². The van der Waals surface area contributed by atoms with Gasteiger partial charge in [-0.05, 0) is 30.5 Å². The van der Waals surface area contributed by atoms with Crippen molar-refractivity contribution in [3.63, 3.8) is 0 Å². The maximum Gasteiger partial charge on any atom is 0.0500 e. The molecule has 0 radical (unpaired) electrons. The molecule has 0 spiro atoms. The minimum atomic E-state index is 0.174. The molecule has 0 aliphatic rings. The number of rotatable bonds is 8. The maximum absolute atomic E-state index is 9.40. The summed E-state index contributed by atoms with van der Waals surface area (Å²) >= 11 is 3.45. The fourth-order valence-corrected chi connectivity index (χ4v) is 2.11. The van der Waals surface area contributed by atoms with Gasteiger partial charge in [0.2, 0.25) is 0 Å². The van der Waals surface area contributed by atoms with Crippen LogP contribution in [0, 0.1) is 0 Å². The monoisotopic (exact) mass is 300 g/mol. The summed E-state index contributed by atoms with van der Waals surface area (Å²) in [6.07, 6.45) is 3.15. The predicted molar refractivity (Wildman–Crippen MR) is 74.3 cm³/mol. The number of unbranched alkanes of at least 4 members (excludes halogenated alkanes) is 1. The van der Waals surface area contributed by atoms with Gasteiger partial charge >= 0.3 is 0 Å². The van der Waals surface area contributed by atoms with E-state index in [0.717, 1.165) is 36.9 Å². The molecule has 0 amide bonds. The topological polar surface area (TPSA) is 29.5 Å². The number of hydrogen-bond acceptors (Lipinski definition) is 2. The van der Waals surface area contributed by atoms with E-state index in [0.29, 0.717) is 0 Å². The Kier molecular flexibility index (Phi) is 7.49. The molecule has 17 heavy (non-hydrogen) atoms. The van der Waals surface area contributed by atoms with Gasteiger partial charge in [0.05, 0.1) is 6.61 Å². The van der Waals surface area contributed by atoms with Gasteiger partial charge in [-0.1, -0.05) is 41.4 Å². The molecule has 1 atom stereocenters. The fraction of sp³-hybridized carbons (Fsp3) is 0.571. The van der Waals surface area contributed by atoms with Gasteiger partial charge in [0.25, 0.3) is 0 Å². The highest BCUT2D eigenvalue weighted by Gasteiger charge is 2.10. The van der Waals surface area contributed by atoms with Crippen LogP contribution in [0.1, 0.15) is 37.7 Å². The van der Waals surface area contributed by atoms with Gasteiger partial charge in [-0.25, -0.2) is 0 Å². The van der Waals surface area contributed by atoms with Gasteiger partial charge < -0.3 is 9.84 Å². The molecule has 0 aliphatic carbocycles. The van der Waals surface area contributed by atoms with Gasteiger partial charge in [0.1, 0.15) is 0 Å². The highest BCUT2D eigenvalue weighted by molar-refractivity contribution is 9.10. The Morgan fingerprint density at radius 3 is 2.82 bits per heavy atom. The van der Waals surface area contributed by atoms with Crippen LogP contribution >= 0.6 is 15.9 Å². The third kappa shape index (κ3) is 5.66. The third-order valence-electron chi connectivity index (χ3n) is 2.79. The molecule has 2 nitrogen and oxygen atoms in total. The highest BCUT2D eigenvalue weighted by atomic mass is 79.9. The minimum Gasteiger partial charge on any atom is -0.396 e. The maximum atomic E-state index is 9.40. The lowest BCUT2D eigenvalue weighted by Gasteiger charge is -2.15. The zero-order chi connectivity index (χ0) is 12.5. The normalized spacial score (nSPS) is 12.6. The minimum absolute atomic E-state index is 0.174. The lowest BCUT2D eigenvalue weighted by atomic mass is 9.97. The molecule has 0 fully saturated rings. The average molecular weight is 301 g/mol. The van der Waals surface area contributed by atoms with Crippen LogP contribution in [0.25, 0.3) is 0 Å². The van der Waals surface area contributed by atoms with Crippen molar-refractivity contribution in [1.82, 2.24) is 0 Å². The van der Waals surface area contributed by atoms with E-state index in [1.165, 1.54) is 5.56 Å². The van der Waals surface area contributed by atoms with Crippen molar-refractivity contribution in [2.75, 3.05) is 19.8 Å². The highest BCUT2D eigenvalue weighted by Crippen LogP contribution is 2.22. The van der Waals surface area contributed by atoms with Gasteiger partial charge in [0.15, 0.2) is 0 Å². The molecule has 0 saturated carbocycles. The Labute approximate surface area is 112 Å². The summed E-state index contributed by atoms with van der Waals surface area (Å²) in [5, 5.41) is 9.40. The van der Waals surface area contributed by atoms with Crippen LogP contribution in [0.2, 0.25) is 0 Å². The summed E-state index contributed by atoms with van der Waals surface area (Å²) < 4.78 is 6.59. The van der Waals surface area contributed by atoms with Gasteiger partial charge in [-0.15, -0.1) is 0 Å². The second-order valence-electron chi connectivity index (χ2n) is 4.19. The van der Waals surface area contributed by atoms with Gasteiger partial charge in [-0.2, -0.15) is 0 Å². The molecule has 0 saturated heterocycles. The molecule has 0 aliphatic heterocycles. The molecule has 0 bridgehead atoms. The van der Waals surface area contributed by atoms with E-state index in [-0.39, 0.29) is 12.5 Å². The molecule has 1 N–H and O–H groups in total. The van der Waals surface area contributed by atoms with E-state index in [1.54, 1.807) is 0 Å². The number of ether oxygens (including phenoxy) is 1. The smallest absolute Gasteiger partial charge is 0.0500 e. The number of halogens is 1. The first kappa shape index (κ1) is 14.7. The van der Waals surface area contributed by atoms with E-state index < -0.39 is 0 Å². The van der Waals surface area contributed by atoms with Crippen molar-refractivity contribution in [3.05, 3.63) is 34.3 Å². The Hall–Kier alpha value is -0.380. The van der Waals surface area contributed by atoms with Crippen LogP contribution in [0.4, 0.5) is 0 Å². The molecule has 96 valence electrons. The summed E-state index contributed by atoms with van der Waals surface area (Å²) in [6.45, 7) is 3.87. The second-order valence-corrected chi connectivity index (χ2v) is 5.10. The third-order valence-corrected chi connectivity index (χ3v) is 3.29. The van der Waals surface area contributed by atoms with Crippen molar-refractivity contribution < 1.29 is 9.84 Å². The lowest BCUT2D eigenvalue weighted by Crippen LogP contribution is -2.08. The standard InChI is InChI=1S/C14H21BrO2/c1-2-3-8-17-9-7-13(11-16)12-5-4-6-14(15)10-12/h4-6,10,13,16H,2-3,7-9,11H2,1H3. The summed E-state index contributed by atoms with van der Waals surface area (Å²) in [6, 6.07) is 8.11. The number of hydrogen-bond donors (Lipinski definition) is 1. The lowest BCUT2D eigenvalue weighted by molar-refractivity contribution is 0.116. The average Bonchev–Trinajstić information content (AvgIpc) is 2.34. The first-order valence-electron chi connectivity index (χ1n) is 6.22. The van der Waals surface area contributed by atoms with Crippen molar-refractivity contribution in [2.45, 2.75) is 32.1 Å². The molecule has 3 heteroatoms. The SMILES string of the molecule is CCCCOCCC(CO)c1cccc(Br)c1. The Balaban J connectivity index is 2.38. The Morgan fingerprint density at radius 1 is 1.35 bits per heavy atom. The van der Waals surface area contributed by atoms with E-state index >= 15 is 0 Å². The Bertz CT molecular complexity index is 315. The number of aliphatic hydroxyl groups excluding tert-OH is 1. The Morgan fingerprint density at radius 2 is 2.18 bits per heavy atom. The first-order chi connectivity index (χ1) is 8.27. The summed E-state index contributed by atoms with van der Waals surface area (Å²) in [4.78, 5) is 0. The van der Waals surface area contributed by atoms with Crippen LogP contribution in [0.3, 0.4) is 0 Å². The van der Waals surface area contributed by atoms with Crippen LogP contribution in [0.15, 0.2) is 28.7 Å². The fourth-order valence-electron chi connectivity index (χ4n) is 1.70. The molecular weight excluding hydrogens is 280 g/mol. The van der Waals surface area contributed by atoms with Crippen LogP contribution in [-0.4, -0.2) is 24.9 Å². The summed E-state index contributed by atoms with van der Waals surface area (Å²) in [7, 11) is 0. The molecule has 1 aromatic rings. The molecule has 0 aromatic heterocycles. The number of benzene rings is 1. The van der Waals surface area contributed by atoms with Crippen molar-refractivity contribution >= 4 is 15.9 Å². The van der Waals surface area contributed by atoms with Gasteiger partial charge in [-0.3, -0.25) is 0 Å². The largest absolute Gasteiger partial charge is 0.396 e. The zero-order valence-corrected chi connectivity index (χ0v) is 11.9. The van der Waals surface area contributed by atoms with E-state index in [1.807, 2.05) is 12.1 Å². The van der Waals surface area contributed by atoms with Crippen molar-refractivity contribution in [3.8, 4) is 0 Å². The van der Waals surface area contributed by atoms with Crippen molar-refractivity contribution in [1.29, 1.82) is 0 Å². The first-order valence-corrected chi connectivity index (χ1v) is 7.01. The quantitative estimate of drug-likeness (QED) is 0.741.